The largest absolute Gasteiger partial charge is 0.355 e. The molecule has 0 saturated carbocycles. The van der Waals surface area contributed by atoms with Gasteiger partial charge >= 0.3 is 0 Å². The van der Waals surface area contributed by atoms with Crippen LogP contribution in [0.4, 0.5) is 0 Å². The van der Waals surface area contributed by atoms with E-state index in [1.165, 1.54) is 23.6 Å². The third-order valence-electron chi connectivity index (χ3n) is 4.22. The Kier molecular flexibility index (Phi) is 4.89. The van der Waals surface area contributed by atoms with Gasteiger partial charge in [-0.2, -0.15) is 0 Å². The Hall–Kier alpha value is -2.09. The minimum Gasteiger partial charge on any atom is -0.355 e. The van der Waals surface area contributed by atoms with Crippen LogP contribution < -0.4 is 10.6 Å². The zero-order valence-corrected chi connectivity index (χ0v) is 13.3. The van der Waals surface area contributed by atoms with Crippen LogP contribution in [0.5, 0.6) is 0 Å². The lowest BCUT2D eigenvalue weighted by Gasteiger charge is -2.30. The first kappa shape index (κ1) is 14.8. The van der Waals surface area contributed by atoms with Gasteiger partial charge in [0.05, 0.1) is 5.36 Å². The van der Waals surface area contributed by atoms with Gasteiger partial charge in [-0.3, -0.25) is 4.99 Å². The van der Waals surface area contributed by atoms with Crippen LogP contribution in [0, 0.1) is 0 Å². The number of unbranched alkanes of at least 4 members (excludes halogenated alkanes) is 1. The summed E-state index contributed by atoms with van der Waals surface area (Å²) in [5.74, 6) is 0. The van der Waals surface area contributed by atoms with Crippen LogP contribution in [0.2, 0.25) is 0 Å². The Balaban J connectivity index is 1.79. The second-order valence-electron chi connectivity index (χ2n) is 5.91. The van der Waals surface area contributed by atoms with Crippen LogP contribution in [-0.2, 0) is 6.42 Å². The van der Waals surface area contributed by atoms with E-state index in [4.69, 9.17) is 4.99 Å². The lowest BCUT2D eigenvalue weighted by molar-refractivity contribution is 0.282. The van der Waals surface area contributed by atoms with E-state index in [0.29, 0.717) is 0 Å². The molecule has 0 saturated heterocycles. The summed E-state index contributed by atoms with van der Waals surface area (Å²) in [6.45, 7) is 3.34. The summed E-state index contributed by atoms with van der Waals surface area (Å²) in [4.78, 5) is 7.41. The van der Waals surface area contributed by atoms with Gasteiger partial charge in [0, 0.05) is 18.0 Å². The van der Waals surface area contributed by atoms with Crippen molar-refractivity contribution in [1.29, 1.82) is 0 Å². The summed E-state index contributed by atoms with van der Waals surface area (Å²) in [6.07, 6.45) is 7.15. The number of benzene rings is 2. The van der Waals surface area contributed by atoms with E-state index in [1.807, 2.05) is 0 Å². The fourth-order valence-electron chi connectivity index (χ4n) is 2.94. The van der Waals surface area contributed by atoms with Crippen molar-refractivity contribution >= 4 is 6.20 Å². The standard InChI is InChI=1S/C20H24N2/c1-2-3-15-22-16-18-11-7-8-12-19(18)21-20(22)14-13-17-9-5-4-6-10-17/h4-12,16,20H,2-3,13-15H2,1H3. The molecule has 0 aromatic heterocycles. The maximum absolute atomic E-state index is 4.99. The molecule has 0 spiro atoms. The van der Waals surface area contributed by atoms with E-state index in [1.54, 1.807) is 0 Å². The number of aryl methyl sites for hydroxylation is 1. The Labute approximate surface area is 132 Å². The van der Waals surface area contributed by atoms with Gasteiger partial charge in [0.15, 0.2) is 0 Å². The van der Waals surface area contributed by atoms with Crippen molar-refractivity contribution in [2.24, 2.45) is 4.99 Å². The molecule has 0 N–H and O–H groups in total. The molecule has 1 atom stereocenters. The second-order valence-corrected chi connectivity index (χ2v) is 5.91. The molecular weight excluding hydrogens is 268 g/mol. The molecule has 1 heterocycles. The molecule has 2 heteroatoms. The number of nitrogens with zero attached hydrogens (tertiary/aromatic N) is 2. The van der Waals surface area contributed by atoms with Gasteiger partial charge in [-0.25, -0.2) is 0 Å². The van der Waals surface area contributed by atoms with Gasteiger partial charge < -0.3 is 4.90 Å². The zero-order valence-electron chi connectivity index (χ0n) is 13.3. The number of rotatable bonds is 6. The topological polar surface area (TPSA) is 15.6 Å². The first-order valence-electron chi connectivity index (χ1n) is 8.31. The molecule has 2 nitrogen and oxygen atoms in total. The monoisotopic (exact) mass is 292 g/mol. The Bertz CT molecular complexity index is 706. The van der Waals surface area contributed by atoms with Crippen LogP contribution in [0.25, 0.3) is 6.20 Å². The van der Waals surface area contributed by atoms with E-state index < -0.39 is 0 Å². The minimum atomic E-state index is 0.265. The van der Waals surface area contributed by atoms with Gasteiger partial charge in [-0.05, 0) is 30.9 Å². The predicted octanol–water partition coefficient (Wildman–Crippen LogP) is 3.12. The van der Waals surface area contributed by atoms with E-state index in [-0.39, 0.29) is 6.17 Å². The van der Waals surface area contributed by atoms with Crippen molar-refractivity contribution in [3.63, 3.8) is 0 Å². The fraction of sp³-hybridized carbons (Fsp3) is 0.350. The number of hydrogen-bond donors (Lipinski definition) is 0. The first-order chi connectivity index (χ1) is 10.9. The molecule has 2 aromatic carbocycles. The molecule has 3 rings (SSSR count). The first-order valence-corrected chi connectivity index (χ1v) is 8.31. The molecular formula is C20H24N2. The van der Waals surface area contributed by atoms with Crippen LogP contribution >= 0.6 is 0 Å². The molecule has 0 bridgehead atoms. The molecule has 1 unspecified atom stereocenters. The molecule has 1 aliphatic heterocycles. The smallest absolute Gasteiger partial charge is 0.121 e. The maximum atomic E-state index is 4.99. The van der Waals surface area contributed by atoms with Crippen molar-refractivity contribution < 1.29 is 0 Å². The van der Waals surface area contributed by atoms with Crippen molar-refractivity contribution in [1.82, 2.24) is 4.90 Å². The maximum Gasteiger partial charge on any atom is 0.121 e. The van der Waals surface area contributed by atoms with Gasteiger partial charge in [0.2, 0.25) is 0 Å². The van der Waals surface area contributed by atoms with Gasteiger partial charge in [0.1, 0.15) is 6.17 Å². The summed E-state index contributed by atoms with van der Waals surface area (Å²) in [7, 11) is 0. The summed E-state index contributed by atoms with van der Waals surface area (Å²) in [5, 5.41) is 2.38. The molecule has 0 fully saturated rings. The summed E-state index contributed by atoms with van der Waals surface area (Å²) < 4.78 is 0. The van der Waals surface area contributed by atoms with E-state index in [0.717, 1.165) is 24.7 Å². The summed E-state index contributed by atoms with van der Waals surface area (Å²) >= 11 is 0. The lowest BCUT2D eigenvalue weighted by atomic mass is 10.1. The van der Waals surface area contributed by atoms with Crippen molar-refractivity contribution in [3.05, 3.63) is 70.7 Å². The van der Waals surface area contributed by atoms with Crippen LogP contribution in [0.3, 0.4) is 0 Å². The number of hydrogen-bond acceptors (Lipinski definition) is 2. The normalized spacial score (nSPS) is 16.6. The van der Waals surface area contributed by atoms with E-state index in [9.17, 15) is 0 Å². The van der Waals surface area contributed by atoms with Crippen molar-refractivity contribution in [2.75, 3.05) is 6.54 Å². The number of para-hydroxylation sites is 1. The average Bonchev–Trinajstić information content (AvgIpc) is 2.58. The van der Waals surface area contributed by atoms with Gasteiger partial charge in [-0.15, -0.1) is 0 Å². The van der Waals surface area contributed by atoms with Gasteiger partial charge in [-0.1, -0.05) is 61.9 Å². The van der Waals surface area contributed by atoms with E-state index >= 15 is 0 Å². The highest BCUT2D eigenvalue weighted by Gasteiger charge is 2.16. The average molecular weight is 292 g/mol. The third-order valence-corrected chi connectivity index (χ3v) is 4.22. The quantitative estimate of drug-likeness (QED) is 0.799. The summed E-state index contributed by atoms with van der Waals surface area (Å²) in [5.41, 5.74) is 1.40. The highest BCUT2D eigenvalue weighted by atomic mass is 15.2. The highest BCUT2D eigenvalue weighted by molar-refractivity contribution is 5.25. The second kappa shape index (κ2) is 7.26. The SMILES string of the molecule is CCCCN1C=c2ccccc2=NC1CCc1ccccc1. The number of fused-ring (bicyclic) bond motifs is 1. The molecule has 22 heavy (non-hydrogen) atoms. The van der Waals surface area contributed by atoms with Gasteiger partial charge in [0.25, 0.3) is 0 Å². The minimum absolute atomic E-state index is 0.265. The summed E-state index contributed by atoms with van der Waals surface area (Å²) in [6, 6.07) is 19.2. The van der Waals surface area contributed by atoms with Crippen LogP contribution in [-0.4, -0.2) is 17.6 Å². The molecule has 0 amide bonds. The fourth-order valence-corrected chi connectivity index (χ4v) is 2.94. The molecule has 114 valence electrons. The van der Waals surface area contributed by atoms with Crippen LogP contribution in [0.15, 0.2) is 59.6 Å². The molecule has 2 aromatic rings. The Morgan fingerprint density at radius 2 is 1.77 bits per heavy atom. The lowest BCUT2D eigenvalue weighted by Crippen LogP contribution is -2.42. The third kappa shape index (κ3) is 3.56. The predicted molar refractivity (Wildman–Crippen MR) is 91.9 cm³/mol. The van der Waals surface area contributed by atoms with Crippen LogP contribution in [0.1, 0.15) is 31.7 Å². The Morgan fingerprint density at radius 1 is 1.00 bits per heavy atom. The van der Waals surface area contributed by atoms with E-state index in [2.05, 4.69) is 72.6 Å². The Morgan fingerprint density at radius 3 is 2.59 bits per heavy atom. The van der Waals surface area contributed by atoms with Crippen molar-refractivity contribution in [3.8, 4) is 0 Å². The van der Waals surface area contributed by atoms with Crippen molar-refractivity contribution in [2.45, 2.75) is 38.8 Å². The highest BCUT2D eigenvalue weighted by Crippen LogP contribution is 2.14. The molecule has 0 aliphatic carbocycles. The molecule has 1 aliphatic rings. The molecule has 0 radical (unpaired) electrons. The zero-order chi connectivity index (χ0) is 15.2.